The number of halogens is 3. The lowest BCUT2D eigenvalue weighted by atomic mass is 10.1. The van der Waals surface area contributed by atoms with E-state index in [0.717, 1.165) is 10.9 Å². The van der Waals surface area contributed by atoms with Gasteiger partial charge in [0.15, 0.2) is 5.78 Å². The molecule has 19 heavy (non-hydrogen) atoms. The molecule has 0 radical (unpaired) electrons. The summed E-state index contributed by atoms with van der Waals surface area (Å²) in [7, 11) is 0. The predicted molar refractivity (Wildman–Crippen MR) is 62.9 cm³/mol. The molecule has 0 saturated carbocycles. The first-order valence-electron chi connectivity index (χ1n) is 5.48. The van der Waals surface area contributed by atoms with Gasteiger partial charge in [-0.2, -0.15) is 13.2 Å². The topological polar surface area (TPSA) is 39.2 Å². The zero-order valence-corrected chi connectivity index (χ0v) is 9.78. The van der Waals surface area contributed by atoms with Gasteiger partial charge in [-0.1, -0.05) is 18.2 Å². The third-order valence-electron chi connectivity index (χ3n) is 2.41. The number of aromatic nitrogens is 1. The smallest absolute Gasteiger partial charge is 0.364 e. The molecule has 0 aliphatic heterocycles. The second-order valence-electron chi connectivity index (χ2n) is 3.95. The van der Waals surface area contributed by atoms with Gasteiger partial charge in [-0.25, -0.2) is 0 Å². The Balaban J connectivity index is 2.05. The summed E-state index contributed by atoms with van der Waals surface area (Å²) in [5.74, 6) is -0.525. The first-order valence-corrected chi connectivity index (χ1v) is 5.48. The molecule has 2 rings (SSSR count). The number of benzene rings is 1. The van der Waals surface area contributed by atoms with E-state index in [-0.39, 0.29) is 5.56 Å². The monoisotopic (exact) mass is 269 g/mol. The number of fused-ring (bicyclic) bond motifs is 1. The van der Waals surface area contributed by atoms with E-state index in [4.69, 9.17) is 0 Å². The van der Waals surface area contributed by atoms with Crippen molar-refractivity contribution in [2.75, 3.05) is 13.2 Å². The largest absolute Gasteiger partial charge is 0.411 e. The first kappa shape index (κ1) is 13.5. The number of ether oxygens (including phenoxy) is 1. The summed E-state index contributed by atoms with van der Waals surface area (Å²) in [4.78, 5) is 15.7. The fourth-order valence-electron chi connectivity index (χ4n) is 1.57. The minimum absolute atomic E-state index is 0.237. The maximum Gasteiger partial charge on any atom is 0.411 e. The molecule has 6 heteroatoms. The van der Waals surface area contributed by atoms with Crippen LogP contribution in [0.25, 0.3) is 10.9 Å². The van der Waals surface area contributed by atoms with Gasteiger partial charge in [-0.15, -0.1) is 0 Å². The molecule has 1 aromatic heterocycles. The van der Waals surface area contributed by atoms with Gasteiger partial charge in [-0.3, -0.25) is 9.78 Å². The van der Waals surface area contributed by atoms with Crippen molar-refractivity contribution in [2.45, 2.75) is 6.18 Å². The summed E-state index contributed by atoms with van der Waals surface area (Å²) in [6.07, 6.45) is -3.09. The highest BCUT2D eigenvalue weighted by Crippen LogP contribution is 2.16. The van der Waals surface area contributed by atoms with E-state index in [2.05, 4.69) is 9.72 Å². The van der Waals surface area contributed by atoms with Crippen LogP contribution in [0.5, 0.6) is 0 Å². The highest BCUT2D eigenvalue weighted by molar-refractivity contribution is 5.99. The Bertz CT molecular complexity index is 596. The number of ketones is 1. The van der Waals surface area contributed by atoms with Gasteiger partial charge in [0, 0.05) is 17.1 Å². The van der Waals surface area contributed by atoms with Crippen LogP contribution in [0.3, 0.4) is 0 Å². The zero-order valence-electron chi connectivity index (χ0n) is 9.78. The van der Waals surface area contributed by atoms with Gasteiger partial charge in [0.1, 0.15) is 13.2 Å². The number of alkyl halides is 3. The SMILES string of the molecule is O=C(COCC(F)(F)F)c1cnc2ccccc2c1. The Morgan fingerprint density at radius 1 is 1.26 bits per heavy atom. The molecule has 2 aromatic rings. The standard InChI is InChI=1S/C13H10F3NO2/c14-13(15,16)8-19-7-12(18)10-5-9-3-1-2-4-11(9)17-6-10/h1-6H,7-8H2. The van der Waals surface area contributed by atoms with Gasteiger partial charge in [0.25, 0.3) is 0 Å². The number of hydrogen-bond donors (Lipinski definition) is 0. The second-order valence-corrected chi connectivity index (χ2v) is 3.95. The van der Waals surface area contributed by atoms with Crippen LogP contribution in [0.1, 0.15) is 10.4 Å². The van der Waals surface area contributed by atoms with Crippen LogP contribution in [-0.2, 0) is 4.74 Å². The summed E-state index contributed by atoms with van der Waals surface area (Å²) in [5, 5.41) is 0.754. The highest BCUT2D eigenvalue weighted by Gasteiger charge is 2.27. The Kier molecular flexibility index (Phi) is 3.80. The minimum atomic E-state index is -4.43. The van der Waals surface area contributed by atoms with Crippen LogP contribution in [0.2, 0.25) is 0 Å². The number of carbonyl (C=O) groups is 1. The molecular weight excluding hydrogens is 259 g/mol. The Morgan fingerprint density at radius 3 is 2.74 bits per heavy atom. The molecule has 0 unspecified atom stereocenters. The quantitative estimate of drug-likeness (QED) is 0.801. The van der Waals surface area contributed by atoms with Crippen molar-refractivity contribution in [3.05, 3.63) is 42.1 Å². The molecule has 0 aliphatic carbocycles. The van der Waals surface area contributed by atoms with E-state index in [0.29, 0.717) is 0 Å². The van der Waals surface area contributed by atoms with E-state index in [1.807, 2.05) is 6.07 Å². The van der Waals surface area contributed by atoms with Gasteiger partial charge in [-0.05, 0) is 12.1 Å². The maximum absolute atomic E-state index is 11.9. The lowest BCUT2D eigenvalue weighted by Gasteiger charge is -2.07. The summed E-state index contributed by atoms with van der Waals surface area (Å²) in [5.41, 5.74) is 0.955. The molecule has 0 N–H and O–H groups in total. The third kappa shape index (κ3) is 3.75. The number of carbonyl (C=O) groups excluding carboxylic acids is 1. The average Bonchev–Trinajstić information content (AvgIpc) is 2.36. The molecule has 3 nitrogen and oxygen atoms in total. The molecule has 0 aliphatic rings. The van der Waals surface area contributed by atoms with Crippen molar-refractivity contribution >= 4 is 16.7 Å². The molecule has 0 amide bonds. The van der Waals surface area contributed by atoms with Crippen molar-refractivity contribution in [1.29, 1.82) is 0 Å². The molecule has 0 saturated heterocycles. The van der Waals surface area contributed by atoms with E-state index >= 15 is 0 Å². The number of Topliss-reactive ketones (excluding diaryl/α,β-unsaturated/α-hetero) is 1. The summed E-state index contributed by atoms with van der Waals surface area (Å²) >= 11 is 0. The Labute approximate surface area is 107 Å². The van der Waals surface area contributed by atoms with Crippen LogP contribution in [0, 0.1) is 0 Å². The van der Waals surface area contributed by atoms with Gasteiger partial charge < -0.3 is 4.74 Å². The molecule has 0 spiro atoms. The third-order valence-corrected chi connectivity index (χ3v) is 2.41. The molecule has 1 aromatic carbocycles. The average molecular weight is 269 g/mol. The van der Waals surface area contributed by atoms with Gasteiger partial charge in [0.2, 0.25) is 0 Å². The first-order chi connectivity index (χ1) is 8.96. The van der Waals surface area contributed by atoms with Crippen molar-refractivity contribution in [1.82, 2.24) is 4.98 Å². The fraction of sp³-hybridized carbons (Fsp3) is 0.231. The number of para-hydroxylation sites is 1. The van der Waals surface area contributed by atoms with Gasteiger partial charge >= 0.3 is 6.18 Å². The zero-order chi connectivity index (χ0) is 13.9. The Hall–Kier alpha value is -1.95. The van der Waals surface area contributed by atoms with E-state index in [1.165, 1.54) is 6.20 Å². The molecular formula is C13H10F3NO2. The van der Waals surface area contributed by atoms with Crippen LogP contribution in [0.4, 0.5) is 13.2 Å². The number of nitrogens with zero attached hydrogens (tertiary/aromatic N) is 1. The van der Waals surface area contributed by atoms with Gasteiger partial charge in [0.05, 0.1) is 5.52 Å². The number of pyridine rings is 1. The molecule has 1 heterocycles. The fourth-order valence-corrected chi connectivity index (χ4v) is 1.57. The van der Waals surface area contributed by atoms with Crippen molar-refractivity contribution < 1.29 is 22.7 Å². The summed E-state index contributed by atoms with van der Waals surface area (Å²) in [6.45, 7) is -2.04. The number of hydrogen-bond acceptors (Lipinski definition) is 3. The summed E-state index contributed by atoms with van der Waals surface area (Å²) in [6, 6.07) is 8.74. The normalized spacial score (nSPS) is 11.7. The maximum atomic E-state index is 11.9. The lowest BCUT2D eigenvalue weighted by molar-refractivity contribution is -0.170. The highest BCUT2D eigenvalue weighted by atomic mass is 19.4. The molecule has 0 fully saturated rings. The van der Waals surface area contributed by atoms with E-state index < -0.39 is 25.2 Å². The number of rotatable bonds is 4. The van der Waals surface area contributed by atoms with Crippen LogP contribution in [-0.4, -0.2) is 30.2 Å². The minimum Gasteiger partial charge on any atom is -0.364 e. The van der Waals surface area contributed by atoms with Crippen molar-refractivity contribution in [3.63, 3.8) is 0 Å². The van der Waals surface area contributed by atoms with Crippen LogP contribution >= 0.6 is 0 Å². The van der Waals surface area contributed by atoms with Crippen molar-refractivity contribution in [3.8, 4) is 0 Å². The Morgan fingerprint density at radius 2 is 2.00 bits per heavy atom. The van der Waals surface area contributed by atoms with E-state index in [9.17, 15) is 18.0 Å². The predicted octanol–water partition coefficient (Wildman–Crippen LogP) is 3.00. The second kappa shape index (κ2) is 5.36. The molecule has 100 valence electrons. The van der Waals surface area contributed by atoms with Crippen molar-refractivity contribution in [2.24, 2.45) is 0 Å². The molecule has 0 bridgehead atoms. The van der Waals surface area contributed by atoms with Crippen LogP contribution < -0.4 is 0 Å². The van der Waals surface area contributed by atoms with Crippen LogP contribution in [0.15, 0.2) is 36.5 Å². The lowest BCUT2D eigenvalue weighted by Crippen LogP contribution is -2.20. The van der Waals surface area contributed by atoms with E-state index in [1.54, 1.807) is 24.3 Å². The molecule has 0 atom stereocenters. The summed E-state index contributed by atoms with van der Waals surface area (Å²) < 4.78 is 39.9.